The van der Waals surface area contributed by atoms with Crippen LogP contribution in [0.15, 0.2) is 54.6 Å². The van der Waals surface area contributed by atoms with Crippen LogP contribution in [0.5, 0.6) is 0 Å². The molecule has 8 nitrogen and oxygen atoms in total. The van der Waals surface area contributed by atoms with Crippen LogP contribution in [0.4, 0.5) is 17.5 Å². The van der Waals surface area contributed by atoms with Gasteiger partial charge in [-0.15, -0.1) is 0 Å². The minimum Gasteiger partial charge on any atom is -0.368 e. The number of carbonyl (C=O) groups is 1. The van der Waals surface area contributed by atoms with Crippen LogP contribution in [-0.4, -0.2) is 46.5 Å². The standard InChI is InChI=1S/C27H29N7O/c1-16-6-4-9-19(14-16)30-26(35)22-15-29-12-13-34(22)25-24-21(32-27(28)33-25)11-10-20(31-24)23-17(2)7-5-8-18(23)3/h4-11,14,22,29H,12-13,15H2,1-3H3,(H,30,35)(H2,28,32,33). The van der Waals surface area contributed by atoms with Crippen LogP contribution >= 0.6 is 0 Å². The third-order valence-corrected chi connectivity index (χ3v) is 6.38. The Morgan fingerprint density at radius 2 is 1.80 bits per heavy atom. The van der Waals surface area contributed by atoms with Gasteiger partial charge in [0.1, 0.15) is 11.6 Å². The number of nitrogens with two attached hydrogens (primary N) is 1. The highest BCUT2D eigenvalue weighted by Crippen LogP contribution is 2.31. The number of nitrogen functional groups attached to an aromatic ring is 1. The molecule has 0 bridgehead atoms. The summed E-state index contributed by atoms with van der Waals surface area (Å²) in [6, 6.07) is 17.4. The van der Waals surface area contributed by atoms with Gasteiger partial charge in [0.25, 0.3) is 0 Å². The van der Waals surface area contributed by atoms with Gasteiger partial charge in [-0.3, -0.25) is 4.79 Å². The topological polar surface area (TPSA) is 109 Å². The molecular weight excluding hydrogens is 438 g/mol. The van der Waals surface area contributed by atoms with E-state index in [2.05, 4.69) is 46.6 Å². The number of piperazine rings is 1. The van der Waals surface area contributed by atoms with Crippen LogP contribution in [0.2, 0.25) is 0 Å². The van der Waals surface area contributed by atoms with E-state index in [4.69, 9.17) is 10.7 Å². The Kier molecular flexibility index (Phi) is 6.05. The lowest BCUT2D eigenvalue weighted by Gasteiger charge is -2.36. The highest BCUT2D eigenvalue weighted by molar-refractivity contribution is 5.99. The Labute approximate surface area is 204 Å². The molecule has 35 heavy (non-hydrogen) atoms. The summed E-state index contributed by atoms with van der Waals surface area (Å²) in [5.41, 5.74) is 13.5. The van der Waals surface area contributed by atoms with Crippen molar-refractivity contribution in [2.24, 2.45) is 0 Å². The van der Waals surface area contributed by atoms with E-state index in [0.717, 1.165) is 40.2 Å². The predicted octanol–water partition coefficient (Wildman–Crippen LogP) is 3.62. The number of amides is 1. The zero-order chi connectivity index (χ0) is 24.5. The summed E-state index contributed by atoms with van der Waals surface area (Å²) in [5, 5.41) is 6.38. The first-order chi connectivity index (χ1) is 16.9. The summed E-state index contributed by atoms with van der Waals surface area (Å²) in [5.74, 6) is 0.621. The largest absolute Gasteiger partial charge is 0.368 e. The minimum absolute atomic E-state index is 0.112. The lowest BCUT2D eigenvalue weighted by atomic mass is 9.99. The molecular formula is C27H29N7O. The number of nitrogens with one attached hydrogen (secondary N) is 2. The van der Waals surface area contributed by atoms with Crippen LogP contribution in [0.1, 0.15) is 16.7 Å². The van der Waals surface area contributed by atoms with Gasteiger partial charge in [-0.1, -0.05) is 30.3 Å². The monoisotopic (exact) mass is 467 g/mol. The number of rotatable bonds is 4. The van der Waals surface area contributed by atoms with Crippen molar-refractivity contribution in [2.75, 3.05) is 35.6 Å². The summed E-state index contributed by atoms with van der Waals surface area (Å²) in [6.07, 6.45) is 0. The average molecular weight is 468 g/mol. The van der Waals surface area contributed by atoms with E-state index < -0.39 is 6.04 Å². The second-order valence-corrected chi connectivity index (χ2v) is 9.01. The molecule has 8 heteroatoms. The van der Waals surface area contributed by atoms with Crippen molar-refractivity contribution in [3.05, 3.63) is 71.3 Å². The number of hydrogen-bond acceptors (Lipinski definition) is 7. The normalized spacial score (nSPS) is 15.9. The average Bonchev–Trinajstić information content (AvgIpc) is 2.83. The van der Waals surface area contributed by atoms with Gasteiger partial charge in [-0.2, -0.15) is 4.98 Å². The van der Waals surface area contributed by atoms with E-state index in [1.54, 1.807) is 0 Å². The maximum atomic E-state index is 13.4. The molecule has 178 valence electrons. The lowest BCUT2D eigenvalue weighted by molar-refractivity contribution is -0.117. The van der Waals surface area contributed by atoms with Crippen LogP contribution in [0, 0.1) is 20.8 Å². The second-order valence-electron chi connectivity index (χ2n) is 9.01. The number of aryl methyl sites for hydroxylation is 3. The maximum absolute atomic E-state index is 13.4. The van der Waals surface area contributed by atoms with Crippen molar-refractivity contribution < 1.29 is 4.79 Å². The molecule has 1 aliphatic heterocycles. The van der Waals surface area contributed by atoms with Crippen molar-refractivity contribution in [3.8, 4) is 11.3 Å². The third-order valence-electron chi connectivity index (χ3n) is 6.38. The molecule has 5 rings (SSSR count). The molecule has 3 heterocycles. The quantitative estimate of drug-likeness (QED) is 0.421. The molecule has 0 spiro atoms. The van der Waals surface area contributed by atoms with Crippen molar-refractivity contribution in [1.29, 1.82) is 0 Å². The van der Waals surface area contributed by atoms with E-state index in [0.29, 0.717) is 29.9 Å². The fraction of sp³-hybridized carbons (Fsp3) is 0.259. The van der Waals surface area contributed by atoms with E-state index >= 15 is 0 Å². The Morgan fingerprint density at radius 3 is 2.57 bits per heavy atom. The summed E-state index contributed by atoms with van der Waals surface area (Å²) >= 11 is 0. The number of pyridine rings is 1. The first-order valence-electron chi connectivity index (χ1n) is 11.8. The Morgan fingerprint density at radius 1 is 1.03 bits per heavy atom. The molecule has 1 unspecified atom stereocenters. The van der Waals surface area contributed by atoms with Gasteiger partial charge in [-0.05, 0) is 61.7 Å². The number of hydrogen-bond donors (Lipinski definition) is 3. The number of anilines is 3. The Balaban J connectivity index is 1.57. The van der Waals surface area contributed by atoms with Crippen molar-refractivity contribution in [3.63, 3.8) is 0 Å². The van der Waals surface area contributed by atoms with Crippen molar-refractivity contribution in [1.82, 2.24) is 20.3 Å². The van der Waals surface area contributed by atoms with E-state index in [9.17, 15) is 4.79 Å². The molecule has 2 aromatic carbocycles. The van der Waals surface area contributed by atoms with Gasteiger partial charge in [0.15, 0.2) is 5.82 Å². The number of aromatic nitrogens is 3. The van der Waals surface area contributed by atoms with Gasteiger partial charge in [0.05, 0.1) is 11.2 Å². The van der Waals surface area contributed by atoms with Gasteiger partial charge < -0.3 is 21.3 Å². The highest BCUT2D eigenvalue weighted by atomic mass is 16.2. The summed E-state index contributed by atoms with van der Waals surface area (Å²) < 4.78 is 0. The fourth-order valence-electron chi connectivity index (χ4n) is 4.71. The molecule has 4 N–H and O–H groups in total. The first-order valence-corrected chi connectivity index (χ1v) is 11.8. The number of nitrogens with zero attached hydrogens (tertiary/aromatic N) is 4. The van der Waals surface area contributed by atoms with Crippen molar-refractivity contribution in [2.45, 2.75) is 26.8 Å². The Hall–Kier alpha value is -4.04. The van der Waals surface area contributed by atoms with E-state index in [-0.39, 0.29) is 11.9 Å². The molecule has 1 fully saturated rings. The zero-order valence-corrected chi connectivity index (χ0v) is 20.2. The van der Waals surface area contributed by atoms with Crippen LogP contribution in [-0.2, 0) is 4.79 Å². The number of benzene rings is 2. The summed E-state index contributed by atoms with van der Waals surface area (Å²) in [6.45, 7) is 7.95. The molecule has 0 saturated carbocycles. The molecule has 4 aromatic rings. The molecule has 1 aliphatic rings. The van der Waals surface area contributed by atoms with Gasteiger partial charge in [0.2, 0.25) is 11.9 Å². The SMILES string of the molecule is Cc1cccc(NC(=O)C2CNCCN2c2nc(N)nc3ccc(-c4c(C)cccc4C)nc23)c1. The molecule has 2 aromatic heterocycles. The molecule has 1 amide bonds. The van der Waals surface area contributed by atoms with Crippen LogP contribution < -0.4 is 21.3 Å². The zero-order valence-electron chi connectivity index (χ0n) is 20.2. The van der Waals surface area contributed by atoms with Gasteiger partial charge in [-0.25, -0.2) is 9.97 Å². The molecule has 1 saturated heterocycles. The lowest BCUT2D eigenvalue weighted by Crippen LogP contribution is -2.57. The summed E-state index contributed by atoms with van der Waals surface area (Å²) in [7, 11) is 0. The van der Waals surface area contributed by atoms with Crippen LogP contribution in [0.25, 0.3) is 22.3 Å². The minimum atomic E-state index is -0.479. The molecule has 0 aliphatic carbocycles. The fourth-order valence-corrected chi connectivity index (χ4v) is 4.71. The number of fused-ring (bicyclic) bond motifs is 1. The van der Waals surface area contributed by atoms with Gasteiger partial charge >= 0.3 is 0 Å². The van der Waals surface area contributed by atoms with Crippen LogP contribution in [0.3, 0.4) is 0 Å². The highest BCUT2D eigenvalue weighted by Gasteiger charge is 2.32. The third kappa shape index (κ3) is 4.52. The maximum Gasteiger partial charge on any atom is 0.248 e. The first kappa shape index (κ1) is 22.7. The Bertz CT molecular complexity index is 1400. The predicted molar refractivity (Wildman–Crippen MR) is 140 cm³/mol. The van der Waals surface area contributed by atoms with E-state index in [1.165, 1.54) is 0 Å². The number of carbonyl (C=O) groups excluding carboxylic acids is 1. The molecule has 1 atom stereocenters. The van der Waals surface area contributed by atoms with Gasteiger partial charge in [0, 0.05) is 30.9 Å². The smallest absolute Gasteiger partial charge is 0.248 e. The van der Waals surface area contributed by atoms with Crippen molar-refractivity contribution >= 4 is 34.4 Å². The molecule has 0 radical (unpaired) electrons. The second kappa shape index (κ2) is 9.31. The van der Waals surface area contributed by atoms with E-state index in [1.807, 2.05) is 54.3 Å². The summed E-state index contributed by atoms with van der Waals surface area (Å²) in [4.78, 5) is 29.4.